The van der Waals surface area contributed by atoms with Gasteiger partial charge in [0.05, 0.1) is 6.54 Å². The molecule has 0 spiro atoms. The van der Waals surface area contributed by atoms with Gasteiger partial charge in [0.15, 0.2) is 0 Å². The van der Waals surface area contributed by atoms with Crippen LogP contribution >= 0.6 is 0 Å². The molecule has 0 saturated heterocycles. The first-order valence-corrected chi connectivity index (χ1v) is 6.06. The van der Waals surface area contributed by atoms with Crippen LogP contribution < -0.4 is 10.6 Å². The van der Waals surface area contributed by atoms with E-state index in [9.17, 15) is 9.59 Å². The molecular formula is C13H15N5O2. The summed E-state index contributed by atoms with van der Waals surface area (Å²) in [4.78, 5) is 27.5. The second-order valence-electron chi connectivity index (χ2n) is 4.27. The molecule has 7 nitrogen and oxygen atoms in total. The number of carbonyl (C=O) groups is 2. The fourth-order valence-corrected chi connectivity index (χ4v) is 1.59. The highest BCUT2D eigenvalue weighted by Crippen LogP contribution is 2.03. The van der Waals surface area contributed by atoms with Crippen LogP contribution in [-0.2, 0) is 11.8 Å². The van der Waals surface area contributed by atoms with Crippen molar-refractivity contribution in [1.29, 1.82) is 0 Å². The zero-order chi connectivity index (χ0) is 14.5. The summed E-state index contributed by atoms with van der Waals surface area (Å²) in [6, 6.07) is 6.89. The molecule has 2 aromatic rings. The van der Waals surface area contributed by atoms with Crippen LogP contribution in [0.5, 0.6) is 0 Å². The number of rotatable bonds is 4. The van der Waals surface area contributed by atoms with E-state index in [1.165, 1.54) is 4.68 Å². The molecule has 0 unspecified atom stereocenters. The SMILES string of the molecule is Cc1cccc(NC(=O)CNC(=O)c2ccn(C)n2)n1. The zero-order valence-electron chi connectivity index (χ0n) is 11.3. The van der Waals surface area contributed by atoms with Crippen molar-refractivity contribution in [3.05, 3.63) is 41.9 Å². The standard InChI is InChI=1S/C13H15N5O2/c1-9-4-3-5-11(15-9)16-12(19)8-14-13(20)10-6-7-18(2)17-10/h3-7H,8H2,1-2H3,(H,14,20)(H,15,16,19). The number of pyridine rings is 1. The van der Waals surface area contributed by atoms with Gasteiger partial charge in [-0.15, -0.1) is 0 Å². The van der Waals surface area contributed by atoms with E-state index in [2.05, 4.69) is 20.7 Å². The molecule has 0 fully saturated rings. The van der Waals surface area contributed by atoms with Crippen LogP contribution in [0.4, 0.5) is 5.82 Å². The molecular weight excluding hydrogens is 258 g/mol. The molecule has 20 heavy (non-hydrogen) atoms. The molecule has 2 N–H and O–H groups in total. The van der Waals surface area contributed by atoms with Crippen molar-refractivity contribution < 1.29 is 9.59 Å². The number of anilines is 1. The van der Waals surface area contributed by atoms with E-state index in [4.69, 9.17) is 0 Å². The summed E-state index contributed by atoms with van der Waals surface area (Å²) in [6.45, 7) is 1.70. The van der Waals surface area contributed by atoms with Crippen molar-refractivity contribution in [3.63, 3.8) is 0 Å². The molecule has 2 aromatic heterocycles. The summed E-state index contributed by atoms with van der Waals surface area (Å²) in [5.41, 5.74) is 1.08. The largest absolute Gasteiger partial charge is 0.342 e. The molecule has 0 radical (unpaired) electrons. The minimum absolute atomic E-state index is 0.134. The fourth-order valence-electron chi connectivity index (χ4n) is 1.59. The van der Waals surface area contributed by atoms with Crippen LogP contribution in [0.15, 0.2) is 30.5 Å². The highest BCUT2D eigenvalue weighted by Gasteiger charge is 2.10. The number of nitrogens with one attached hydrogen (secondary N) is 2. The Labute approximate surface area is 116 Å². The van der Waals surface area contributed by atoms with Crippen molar-refractivity contribution in [1.82, 2.24) is 20.1 Å². The lowest BCUT2D eigenvalue weighted by Crippen LogP contribution is -2.33. The Balaban J connectivity index is 1.85. The molecule has 2 rings (SSSR count). The van der Waals surface area contributed by atoms with Gasteiger partial charge in [-0.05, 0) is 25.1 Å². The number of amides is 2. The van der Waals surface area contributed by atoms with Crippen LogP contribution in [0.3, 0.4) is 0 Å². The maximum atomic E-state index is 11.7. The van der Waals surface area contributed by atoms with Gasteiger partial charge in [0.25, 0.3) is 5.91 Å². The fraction of sp³-hybridized carbons (Fsp3) is 0.231. The second-order valence-corrected chi connectivity index (χ2v) is 4.27. The molecule has 7 heteroatoms. The first-order chi connectivity index (χ1) is 9.54. The topological polar surface area (TPSA) is 88.9 Å². The molecule has 2 amide bonds. The van der Waals surface area contributed by atoms with Gasteiger partial charge in [0, 0.05) is 18.9 Å². The van der Waals surface area contributed by atoms with E-state index >= 15 is 0 Å². The normalized spacial score (nSPS) is 10.1. The average molecular weight is 273 g/mol. The smallest absolute Gasteiger partial charge is 0.272 e. The lowest BCUT2D eigenvalue weighted by Gasteiger charge is -2.05. The van der Waals surface area contributed by atoms with Gasteiger partial charge < -0.3 is 10.6 Å². The van der Waals surface area contributed by atoms with E-state index in [1.807, 2.05) is 13.0 Å². The number of hydrogen-bond donors (Lipinski definition) is 2. The van der Waals surface area contributed by atoms with E-state index in [0.717, 1.165) is 5.69 Å². The molecule has 104 valence electrons. The monoisotopic (exact) mass is 273 g/mol. The minimum atomic E-state index is -0.391. The lowest BCUT2D eigenvalue weighted by molar-refractivity contribution is -0.115. The highest BCUT2D eigenvalue weighted by molar-refractivity contribution is 5.97. The predicted molar refractivity (Wildman–Crippen MR) is 73.1 cm³/mol. The zero-order valence-corrected chi connectivity index (χ0v) is 11.3. The average Bonchev–Trinajstić information content (AvgIpc) is 2.83. The predicted octanol–water partition coefficient (Wildman–Crippen LogP) is 0.492. The van der Waals surface area contributed by atoms with E-state index in [-0.39, 0.29) is 18.1 Å². The molecule has 0 atom stereocenters. The van der Waals surface area contributed by atoms with Gasteiger partial charge in [-0.2, -0.15) is 5.10 Å². The Morgan fingerprint density at radius 1 is 1.30 bits per heavy atom. The quantitative estimate of drug-likeness (QED) is 0.848. The Morgan fingerprint density at radius 2 is 2.10 bits per heavy atom. The number of nitrogens with zero attached hydrogens (tertiary/aromatic N) is 3. The Hall–Kier alpha value is -2.70. The first-order valence-electron chi connectivity index (χ1n) is 6.06. The van der Waals surface area contributed by atoms with Gasteiger partial charge in [-0.3, -0.25) is 14.3 Å². The number of carbonyl (C=O) groups excluding carboxylic acids is 2. The Kier molecular flexibility index (Phi) is 4.09. The number of aryl methyl sites for hydroxylation is 2. The van der Waals surface area contributed by atoms with E-state index < -0.39 is 5.91 Å². The van der Waals surface area contributed by atoms with E-state index in [0.29, 0.717) is 5.82 Å². The summed E-state index contributed by atoms with van der Waals surface area (Å²) in [5.74, 6) is -0.271. The van der Waals surface area contributed by atoms with Gasteiger partial charge in [-0.25, -0.2) is 4.98 Å². The second kappa shape index (κ2) is 5.96. The highest BCUT2D eigenvalue weighted by atomic mass is 16.2. The van der Waals surface area contributed by atoms with Gasteiger partial charge in [-0.1, -0.05) is 6.07 Å². The first kappa shape index (κ1) is 13.7. The van der Waals surface area contributed by atoms with Gasteiger partial charge in [0.2, 0.25) is 5.91 Å². The van der Waals surface area contributed by atoms with Crippen LogP contribution in [0.1, 0.15) is 16.2 Å². The van der Waals surface area contributed by atoms with Gasteiger partial charge >= 0.3 is 0 Å². The van der Waals surface area contributed by atoms with Crippen molar-refractivity contribution in [3.8, 4) is 0 Å². The van der Waals surface area contributed by atoms with Crippen LogP contribution in [-0.4, -0.2) is 33.1 Å². The summed E-state index contributed by atoms with van der Waals surface area (Å²) in [5, 5.41) is 9.04. The minimum Gasteiger partial charge on any atom is -0.342 e. The van der Waals surface area contributed by atoms with Gasteiger partial charge in [0.1, 0.15) is 11.5 Å². The molecule has 2 heterocycles. The number of hydrogen-bond acceptors (Lipinski definition) is 4. The van der Waals surface area contributed by atoms with Crippen molar-refractivity contribution in [2.24, 2.45) is 7.05 Å². The molecule has 0 aliphatic carbocycles. The van der Waals surface area contributed by atoms with Crippen molar-refractivity contribution >= 4 is 17.6 Å². The van der Waals surface area contributed by atoms with Crippen molar-refractivity contribution in [2.75, 3.05) is 11.9 Å². The van der Waals surface area contributed by atoms with Crippen LogP contribution in [0.2, 0.25) is 0 Å². The maximum absolute atomic E-state index is 11.7. The summed E-state index contributed by atoms with van der Waals surface area (Å²) in [7, 11) is 1.72. The molecule has 0 saturated carbocycles. The Morgan fingerprint density at radius 3 is 2.75 bits per heavy atom. The van der Waals surface area contributed by atoms with Crippen molar-refractivity contribution in [2.45, 2.75) is 6.92 Å². The lowest BCUT2D eigenvalue weighted by atomic mass is 10.3. The molecule has 0 aromatic carbocycles. The molecule has 0 aliphatic heterocycles. The molecule has 0 bridgehead atoms. The summed E-state index contributed by atoms with van der Waals surface area (Å²) >= 11 is 0. The van der Waals surface area contributed by atoms with E-state index in [1.54, 1.807) is 31.4 Å². The summed E-state index contributed by atoms with van der Waals surface area (Å²) < 4.78 is 1.52. The van der Waals surface area contributed by atoms with Crippen LogP contribution in [0, 0.1) is 6.92 Å². The summed E-state index contributed by atoms with van der Waals surface area (Å²) in [6.07, 6.45) is 1.66. The third-order valence-electron chi connectivity index (χ3n) is 2.51. The number of aromatic nitrogens is 3. The Bertz CT molecular complexity index is 635. The van der Waals surface area contributed by atoms with Crippen LogP contribution in [0.25, 0.3) is 0 Å². The maximum Gasteiger partial charge on any atom is 0.272 e. The third-order valence-corrected chi connectivity index (χ3v) is 2.51. The third kappa shape index (κ3) is 3.64. The molecule has 0 aliphatic rings.